The standard InChI is InChI=1S/C24H21NO5S/c1-3-17-9-18-21(28-12-19(23(18)27)24-25-15(2)14-31-24)10-20(17)29-13-22(26)30-11-16-7-5-4-6-8-16/h4-10,12,14H,3,11,13H2,1-2H3. The molecule has 0 saturated heterocycles. The summed E-state index contributed by atoms with van der Waals surface area (Å²) in [6, 6.07) is 12.9. The zero-order chi connectivity index (χ0) is 21.8. The van der Waals surface area contributed by atoms with Crippen molar-refractivity contribution >= 4 is 28.3 Å². The van der Waals surface area contributed by atoms with Crippen molar-refractivity contribution in [1.82, 2.24) is 4.98 Å². The molecule has 0 aliphatic heterocycles. The largest absolute Gasteiger partial charge is 0.481 e. The van der Waals surface area contributed by atoms with Crippen LogP contribution in [0.2, 0.25) is 0 Å². The van der Waals surface area contributed by atoms with Gasteiger partial charge in [-0.15, -0.1) is 11.3 Å². The molecule has 0 aliphatic carbocycles. The van der Waals surface area contributed by atoms with Crippen LogP contribution < -0.4 is 10.2 Å². The molecule has 2 aromatic carbocycles. The number of carbonyl (C=O) groups excluding carboxylic acids is 1. The van der Waals surface area contributed by atoms with Gasteiger partial charge in [0.2, 0.25) is 5.43 Å². The van der Waals surface area contributed by atoms with Gasteiger partial charge in [0, 0.05) is 17.1 Å². The number of fused-ring (bicyclic) bond motifs is 1. The first-order valence-electron chi connectivity index (χ1n) is 9.88. The van der Waals surface area contributed by atoms with Crippen LogP contribution in [-0.4, -0.2) is 17.6 Å². The summed E-state index contributed by atoms with van der Waals surface area (Å²) in [4.78, 5) is 29.5. The number of esters is 1. The van der Waals surface area contributed by atoms with Crippen molar-refractivity contribution < 1.29 is 18.7 Å². The highest BCUT2D eigenvalue weighted by Gasteiger charge is 2.16. The van der Waals surface area contributed by atoms with Gasteiger partial charge >= 0.3 is 5.97 Å². The highest BCUT2D eigenvalue weighted by Crippen LogP contribution is 2.28. The van der Waals surface area contributed by atoms with Crippen molar-refractivity contribution in [2.45, 2.75) is 26.9 Å². The van der Waals surface area contributed by atoms with Crippen molar-refractivity contribution in [1.29, 1.82) is 0 Å². The Bertz CT molecular complexity index is 1280. The van der Waals surface area contributed by atoms with E-state index in [1.54, 1.807) is 12.1 Å². The lowest BCUT2D eigenvalue weighted by molar-refractivity contribution is -0.147. The molecule has 0 fully saturated rings. The topological polar surface area (TPSA) is 78.6 Å². The van der Waals surface area contributed by atoms with E-state index in [9.17, 15) is 9.59 Å². The number of hydrogen-bond acceptors (Lipinski definition) is 7. The van der Waals surface area contributed by atoms with Crippen molar-refractivity contribution in [2.24, 2.45) is 0 Å². The maximum Gasteiger partial charge on any atom is 0.344 e. The Balaban J connectivity index is 1.53. The molecule has 0 N–H and O–H groups in total. The second kappa shape index (κ2) is 9.14. The summed E-state index contributed by atoms with van der Waals surface area (Å²) in [5.74, 6) is 0.0228. The van der Waals surface area contributed by atoms with Crippen molar-refractivity contribution in [3.63, 3.8) is 0 Å². The summed E-state index contributed by atoms with van der Waals surface area (Å²) in [6.07, 6.45) is 2.05. The highest BCUT2D eigenvalue weighted by atomic mass is 32.1. The number of benzene rings is 2. The van der Waals surface area contributed by atoms with Gasteiger partial charge in [0.05, 0.1) is 10.9 Å². The molecule has 158 valence electrons. The molecule has 7 heteroatoms. The average molecular weight is 436 g/mol. The molecule has 0 atom stereocenters. The number of aryl methyl sites for hydroxylation is 2. The molecular formula is C24H21NO5S. The Hall–Kier alpha value is -3.45. The second-order valence-electron chi connectivity index (χ2n) is 7.02. The molecule has 0 radical (unpaired) electrons. The Morgan fingerprint density at radius 3 is 2.71 bits per heavy atom. The maximum absolute atomic E-state index is 13.0. The number of ether oxygens (including phenoxy) is 2. The minimum Gasteiger partial charge on any atom is -0.481 e. The molecule has 6 nitrogen and oxygen atoms in total. The van der Waals surface area contributed by atoms with E-state index < -0.39 is 5.97 Å². The predicted octanol–water partition coefficient (Wildman–Crippen LogP) is 4.91. The first-order valence-corrected chi connectivity index (χ1v) is 10.8. The number of rotatable bonds is 7. The molecule has 2 heterocycles. The summed E-state index contributed by atoms with van der Waals surface area (Å²) in [7, 11) is 0. The molecule has 0 spiro atoms. The molecule has 0 saturated carbocycles. The molecule has 0 bridgehead atoms. The Morgan fingerprint density at radius 2 is 2.00 bits per heavy atom. The number of thiazole rings is 1. The number of carbonyl (C=O) groups is 1. The molecule has 31 heavy (non-hydrogen) atoms. The fourth-order valence-corrected chi connectivity index (χ4v) is 3.95. The smallest absolute Gasteiger partial charge is 0.344 e. The number of aromatic nitrogens is 1. The molecule has 0 amide bonds. The van der Waals surface area contributed by atoms with E-state index in [1.807, 2.05) is 49.6 Å². The SMILES string of the molecule is CCc1cc2c(=O)c(-c3nc(C)cs3)coc2cc1OCC(=O)OCc1ccccc1. The van der Waals surface area contributed by atoms with Crippen LogP contribution in [0.1, 0.15) is 23.7 Å². The Kier molecular flexibility index (Phi) is 6.13. The number of hydrogen-bond donors (Lipinski definition) is 0. The normalized spacial score (nSPS) is 10.9. The maximum atomic E-state index is 13.0. The molecule has 0 unspecified atom stereocenters. The van der Waals surface area contributed by atoms with Crippen LogP contribution in [0.4, 0.5) is 0 Å². The van der Waals surface area contributed by atoms with Gasteiger partial charge in [-0.05, 0) is 30.5 Å². The summed E-state index contributed by atoms with van der Waals surface area (Å²) >= 11 is 1.41. The first kappa shape index (κ1) is 20.8. The predicted molar refractivity (Wildman–Crippen MR) is 119 cm³/mol. The fourth-order valence-electron chi connectivity index (χ4n) is 3.15. The van der Waals surface area contributed by atoms with Gasteiger partial charge in [-0.25, -0.2) is 9.78 Å². The van der Waals surface area contributed by atoms with E-state index in [4.69, 9.17) is 13.9 Å². The summed E-state index contributed by atoms with van der Waals surface area (Å²) in [5.41, 5.74) is 3.26. The van der Waals surface area contributed by atoms with E-state index in [-0.39, 0.29) is 18.6 Å². The zero-order valence-corrected chi connectivity index (χ0v) is 18.0. The Labute approximate surface area is 183 Å². The molecule has 0 aliphatic rings. The van der Waals surface area contributed by atoms with Crippen LogP contribution >= 0.6 is 11.3 Å². The summed E-state index contributed by atoms with van der Waals surface area (Å²) in [5, 5.41) is 2.98. The van der Waals surface area contributed by atoms with Gasteiger partial charge in [0.25, 0.3) is 0 Å². The molecule has 2 aromatic heterocycles. The van der Waals surface area contributed by atoms with Gasteiger partial charge in [0.1, 0.15) is 29.2 Å². The summed E-state index contributed by atoms with van der Waals surface area (Å²) < 4.78 is 16.7. The van der Waals surface area contributed by atoms with Crippen LogP contribution in [0.15, 0.2) is 63.3 Å². The van der Waals surface area contributed by atoms with Crippen LogP contribution in [0.5, 0.6) is 5.75 Å². The van der Waals surface area contributed by atoms with E-state index in [0.29, 0.717) is 33.7 Å². The van der Waals surface area contributed by atoms with Gasteiger partial charge in [0.15, 0.2) is 6.61 Å². The lowest BCUT2D eigenvalue weighted by Gasteiger charge is -2.12. The van der Waals surface area contributed by atoms with Crippen molar-refractivity contribution in [3.8, 4) is 16.3 Å². The van der Waals surface area contributed by atoms with Gasteiger partial charge in [-0.2, -0.15) is 0 Å². The fraction of sp³-hybridized carbons (Fsp3) is 0.208. The lowest BCUT2D eigenvalue weighted by atomic mass is 10.1. The zero-order valence-electron chi connectivity index (χ0n) is 17.2. The third-order valence-electron chi connectivity index (χ3n) is 4.77. The monoisotopic (exact) mass is 435 g/mol. The van der Waals surface area contributed by atoms with Gasteiger partial charge < -0.3 is 13.9 Å². The minimum absolute atomic E-state index is 0.140. The second-order valence-corrected chi connectivity index (χ2v) is 7.88. The van der Waals surface area contributed by atoms with E-state index >= 15 is 0 Å². The third-order valence-corrected chi connectivity index (χ3v) is 5.77. The first-order chi connectivity index (χ1) is 15.0. The molecule has 4 rings (SSSR count). The van der Waals surface area contributed by atoms with Crippen LogP contribution in [-0.2, 0) is 22.6 Å². The third kappa shape index (κ3) is 4.67. The van der Waals surface area contributed by atoms with Crippen LogP contribution in [0, 0.1) is 6.92 Å². The van der Waals surface area contributed by atoms with Gasteiger partial charge in [-0.3, -0.25) is 4.79 Å². The van der Waals surface area contributed by atoms with Gasteiger partial charge in [-0.1, -0.05) is 37.3 Å². The van der Waals surface area contributed by atoms with Crippen molar-refractivity contribution in [3.05, 3.63) is 81.2 Å². The quantitative estimate of drug-likeness (QED) is 0.384. The summed E-state index contributed by atoms with van der Waals surface area (Å²) in [6.45, 7) is 3.80. The average Bonchev–Trinajstić information content (AvgIpc) is 3.22. The highest BCUT2D eigenvalue weighted by molar-refractivity contribution is 7.13. The van der Waals surface area contributed by atoms with E-state index in [0.717, 1.165) is 16.8 Å². The Morgan fingerprint density at radius 1 is 1.19 bits per heavy atom. The lowest BCUT2D eigenvalue weighted by Crippen LogP contribution is -2.15. The van der Waals surface area contributed by atoms with Crippen LogP contribution in [0.25, 0.3) is 21.5 Å². The molecular weight excluding hydrogens is 414 g/mol. The number of nitrogens with zero attached hydrogens (tertiary/aromatic N) is 1. The minimum atomic E-state index is -0.470. The van der Waals surface area contributed by atoms with Crippen molar-refractivity contribution in [2.75, 3.05) is 6.61 Å². The van der Waals surface area contributed by atoms with E-state index in [1.165, 1.54) is 17.6 Å². The van der Waals surface area contributed by atoms with Crippen LogP contribution in [0.3, 0.4) is 0 Å². The molecule has 4 aromatic rings. The van der Waals surface area contributed by atoms with E-state index in [2.05, 4.69) is 4.98 Å².